The van der Waals surface area contributed by atoms with Crippen LogP contribution in [0.5, 0.6) is 0 Å². The van der Waals surface area contributed by atoms with E-state index in [-0.39, 0.29) is 37.3 Å². The first-order valence-corrected chi connectivity index (χ1v) is 4.81. The van der Waals surface area contributed by atoms with Crippen molar-refractivity contribution in [2.24, 2.45) is 27.9 Å². The molecule has 0 aliphatic carbocycles. The summed E-state index contributed by atoms with van der Waals surface area (Å²) in [5.74, 6) is -1.04. The molecule has 0 saturated heterocycles. The Morgan fingerprint density at radius 2 is 1.72 bits per heavy atom. The smallest absolute Gasteiger partial charge is 0.240 e. The van der Waals surface area contributed by atoms with Crippen molar-refractivity contribution in [1.29, 1.82) is 0 Å². The van der Waals surface area contributed by atoms with Gasteiger partial charge in [-0.2, -0.15) is 0 Å². The third kappa shape index (κ3) is 11.2. The Labute approximate surface area is 118 Å². The number of nitrogens with one attached hydrogen (secondary N) is 1. The van der Waals surface area contributed by atoms with Crippen LogP contribution in [-0.4, -0.2) is 36.9 Å². The largest absolute Gasteiger partial charge is 0.370 e. The molecule has 9 N–H and O–H groups in total. The number of hydrogen-bond donors (Lipinski definition) is 5. The van der Waals surface area contributed by atoms with Gasteiger partial charge in [-0.1, -0.05) is 0 Å². The number of carbonyl (C=O) groups excluding carboxylic acids is 2. The summed E-state index contributed by atoms with van der Waals surface area (Å²) in [5, 5.41) is 2.40. The molecule has 0 aromatic rings. The first-order valence-electron chi connectivity index (χ1n) is 4.81. The average Bonchev–Trinajstić information content (AvgIpc) is 2.21. The van der Waals surface area contributed by atoms with E-state index in [2.05, 4.69) is 10.3 Å². The first kappa shape index (κ1) is 22.0. The SMILES string of the molecule is Cl.Cl.NCC(=O)N[C@@H](CCCN=C(N)N)C(N)=O. The van der Waals surface area contributed by atoms with Crippen molar-refractivity contribution in [2.45, 2.75) is 18.9 Å². The van der Waals surface area contributed by atoms with Gasteiger partial charge >= 0.3 is 0 Å². The number of rotatable bonds is 7. The Morgan fingerprint density at radius 1 is 1.17 bits per heavy atom. The Bertz CT molecular complexity index is 283. The topological polar surface area (TPSA) is 163 Å². The Kier molecular flexibility index (Phi) is 14.9. The molecule has 10 heteroatoms. The van der Waals surface area contributed by atoms with E-state index in [1.54, 1.807) is 0 Å². The van der Waals surface area contributed by atoms with Gasteiger partial charge < -0.3 is 28.3 Å². The fourth-order valence-corrected chi connectivity index (χ4v) is 1.04. The lowest BCUT2D eigenvalue weighted by Crippen LogP contribution is -2.46. The van der Waals surface area contributed by atoms with Gasteiger partial charge in [-0.15, -0.1) is 24.8 Å². The lowest BCUT2D eigenvalue weighted by molar-refractivity contribution is -0.126. The normalized spacial score (nSPS) is 10.3. The number of nitrogens with zero attached hydrogens (tertiary/aromatic N) is 1. The molecule has 2 amide bonds. The minimum absolute atomic E-state index is 0. The maximum atomic E-state index is 11.0. The molecular formula is C8H20Cl2N6O2. The van der Waals surface area contributed by atoms with Gasteiger partial charge in [0.25, 0.3) is 0 Å². The number of aliphatic imine (C=N–C) groups is 1. The molecule has 0 radical (unpaired) electrons. The lowest BCUT2D eigenvalue weighted by Gasteiger charge is -2.13. The fourth-order valence-electron chi connectivity index (χ4n) is 1.04. The standard InChI is InChI=1S/C8H18N6O2.2ClH/c9-4-6(15)14-5(7(10)16)2-1-3-13-8(11)12;;/h5H,1-4,9H2,(H2,10,16)(H,14,15)(H4,11,12,13);2*1H/t5-;;/m0../s1. The van der Waals surface area contributed by atoms with Gasteiger partial charge in [0.05, 0.1) is 6.54 Å². The van der Waals surface area contributed by atoms with Crippen LogP contribution in [0.2, 0.25) is 0 Å². The van der Waals surface area contributed by atoms with Crippen LogP contribution in [-0.2, 0) is 9.59 Å². The molecule has 0 heterocycles. The molecule has 0 bridgehead atoms. The Morgan fingerprint density at radius 3 is 2.11 bits per heavy atom. The highest BCUT2D eigenvalue weighted by Gasteiger charge is 2.16. The molecule has 0 aromatic heterocycles. The van der Waals surface area contributed by atoms with Crippen LogP contribution in [0.1, 0.15) is 12.8 Å². The summed E-state index contributed by atoms with van der Waals surface area (Å²) in [6.45, 7) is 0.197. The van der Waals surface area contributed by atoms with E-state index < -0.39 is 17.9 Å². The van der Waals surface area contributed by atoms with Gasteiger partial charge in [-0.3, -0.25) is 14.6 Å². The van der Waals surface area contributed by atoms with E-state index in [1.165, 1.54) is 0 Å². The number of primary amides is 1. The number of carbonyl (C=O) groups is 2. The van der Waals surface area contributed by atoms with Gasteiger partial charge in [0.15, 0.2) is 5.96 Å². The molecule has 0 unspecified atom stereocenters. The number of guanidine groups is 1. The lowest BCUT2D eigenvalue weighted by atomic mass is 10.1. The third-order valence-electron chi connectivity index (χ3n) is 1.81. The highest BCUT2D eigenvalue weighted by Crippen LogP contribution is 1.97. The summed E-state index contributed by atoms with van der Waals surface area (Å²) < 4.78 is 0. The maximum absolute atomic E-state index is 11.0. The second kappa shape index (κ2) is 12.2. The summed E-state index contributed by atoms with van der Waals surface area (Å²) in [4.78, 5) is 25.7. The van der Waals surface area contributed by atoms with E-state index in [9.17, 15) is 9.59 Å². The van der Waals surface area contributed by atoms with Gasteiger partial charge in [0.1, 0.15) is 6.04 Å². The number of nitrogens with two attached hydrogens (primary N) is 4. The van der Waals surface area contributed by atoms with Gasteiger partial charge in [0, 0.05) is 6.54 Å². The van der Waals surface area contributed by atoms with Crippen LogP contribution in [0.3, 0.4) is 0 Å². The van der Waals surface area contributed by atoms with E-state index in [0.717, 1.165) is 0 Å². The van der Waals surface area contributed by atoms with E-state index >= 15 is 0 Å². The van der Waals surface area contributed by atoms with Crippen molar-refractivity contribution in [1.82, 2.24) is 5.32 Å². The van der Waals surface area contributed by atoms with Crippen molar-refractivity contribution in [3.63, 3.8) is 0 Å². The molecule has 108 valence electrons. The van der Waals surface area contributed by atoms with Crippen molar-refractivity contribution in [3.8, 4) is 0 Å². The molecule has 0 spiro atoms. The Balaban J connectivity index is -0.00000112. The number of halogens is 2. The van der Waals surface area contributed by atoms with E-state index in [4.69, 9.17) is 22.9 Å². The zero-order valence-corrected chi connectivity index (χ0v) is 11.4. The number of amides is 2. The summed E-state index contributed by atoms with van der Waals surface area (Å²) in [6.07, 6.45) is 0.911. The predicted octanol–water partition coefficient (Wildman–Crippen LogP) is -2.19. The van der Waals surface area contributed by atoms with Crippen LogP contribution in [0.25, 0.3) is 0 Å². The van der Waals surface area contributed by atoms with Crippen LogP contribution >= 0.6 is 24.8 Å². The average molecular weight is 303 g/mol. The summed E-state index contributed by atoms with van der Waals surface area (Å²) >= 11 is 0. The van der Waals surface area contributed by atoms with Gasteiger partial charge in [-0.25, -0.2) is 0 Å². The van der Waals surface area contributed by atoms with E-state index in [1.807, 2.05) is 0 Å². The molecule has 0 fully saturated rings. The van der Waals surface area contributed by atoms with Crippen LogP contribution in [0, 0.1) is 0 Å². The molecule has 1 atom stereocenters. The third-order valence-corrected chi connectivity index (χ3v) is 1.81. The molecule has 0 rings (SSSR count). The minimum atomic E-state index is -0.731. The van der Waals surface area contributed by atoms with Crippen molar-refractivity contribution < 1.29 is 9.59 Å². The fraction of sp³-hybridized carbons (Fsp3) is 0.625. The second-order valence-electron chi connectivity index (χ2n) is 3.18. The molecule has 0 aliphatic rings. The molecule has 0 saturated carbocycles. The number of hydrogen-bond acceptors (Lipinski definition) is 4. The van der Waals surface area contributed by atoms with Crippen LogP contribution in [0.4, 0.5) is 0 Å². The molecule has 18 heavy (non-hydrogen) atoms. The first-order chi connectivity index (χ1) is 7.47. The maximum Gasteiger partial charge on any atom is 0.240 e. The Hall–Kier alpha value is -1.25. The van der Waals surface area contributed by atoms with Crippen LogP contribution < -0.4 is 28.3 Å². The summed E-state index contributed by atoms with van der Waals surface area (Å²) in [6, 6.07) is -0.731. The highest BCUT2D eigenvalue weighted by molar-refractivity contribution is 5.87. The predicted molar refractivity (Wildman–Crippen MR) is 74.6 cm³/mol. The molecule has 0 aromatic carbocycles. The van der Waals surface area contributed by atoms with Gasteiger partial charge in [-0.05, 0) is 12.8 Å². The molecule has 0 aliphatic heterocycles. The summed E-state index contributed by atoms with van der Waals surface area (Å²) in [5.41, 5.74) is 20.4. The highest BCUT2D eigenvalue weighted by atomic mass is 35.5. The van der Waals surface area contributed by atoms with Crippen molar-refractivity contribution in [2.75, 3.05) is 13.1 Å². The molecular weight excluding hydrogens is 283 g/mol. The monoisotopic (exact) mass is 302 g/mol. The quantitative estimate of drug-likeness (QED) is 0.205. The van der Waals surface area contributed by atoms with Crippen molar-refractivity contribution in [3.05, 3.63) is 0 Å². The zero-order valence-electron chi connectivity index (χ0n) is 9.80. The van der Waals surface area contributed by atoms with Gasteiger partial charge in [0.2, 0.25) is 11.8 Å². The van der Waals surface area contributed by atoms with E-state index in [0.29, 0.717) is 19.4 Å². The molecule has 8 nitrogen and oxygen atoms in total. The second-order valence-corrected chi connectivity index (χ2v) is 3.18. The van der Waals surface area contributed by atoms with Crippen LogP contribution in [0.15, 0.2) is 4.99 Å². The minimum Gasteiger partial charge on any atom is -0.370 e. The van der Waals surface area contributed by atoms with Crippen molar-refractivity contribution >= 4 is 42.6 Å². The summed E-state index contributed by atoms with van der Waals surface area (Å²) in [7, 11) is 0. The zero-order chi connectivity index (χ0) is 12.6.